The Hall–Kier alpha value is -1.63. The van der Waals surface area contributed by atoms with Crippen LogP contribution >= 0.6 is 11.3 Å². The van der Waals surface area contributed by atoms with Crippen LogP contribution in [0, 0.1) is 11.8 Å². The minimum atomic E-state index is -0.0167. The molecular formula is C20H30N4O2S. The van der Waals surface area contributed by atoms with Crippen LogP contribution in [-0.4, -0.2) is 52.9 Å². The zero-order chi connectivity index (χ0) is 18.8. The number of nitrogens with zero attached hydrogens (tertiary/aromatic N) is 3. The molecule has 1 aliphatic carbocycles. The van der Waals surface area contributed by atoms with E-state index in [4.69, 9.17) is 0 Å². The zero-order valence-corrected chi connectivity index (χ0v) is 17.0. The van der Waals surface area contributed by atoms with Crippen LogP contribution in [0.4, 0.5) is 9.93 Å². The quantitative estimate of drug-likeness (QED) is 0.859. The fourth-order valence-electron chi connectivity index (χ4n) is 4.49. The summed E-state index contributed by atoms with van der Waals surface area (Å²) in [6.45, 7) is 5.37. The lowest BCUT2D eigenvalue weighted by Gasteiger charge is -2.33. The largest absolute Gasteiger partial charge is 0.325 e. The monoisotopic (exact) mass is 390 g/mol. The number of aryl methyl sites for hydroxylation is 1. The van der Waals surface area contributed by atoms with E-state index < -0.39 is 0 Å². The molecule has 6 nitrogen and oxygen atoms in total. The fraction of sp³-hybridized carbons (Fsp3) is 0.750. The summed E-state index contributed by atoms with van der Waals surface area (Å²) in [6.07, 6.45) is 8.29. The Labute approximate surface area is 165 Å². The number of fused-ring (bicyclic) bond motifs is 1. The van der Waals surface area contributed by atoms with E-state index in [9.17, 15) is 9.59 Å². The minimum Gasteiger partial charge on any atom is -0.325 e. The second kappa shape index (κ2) is 8.17. The molecule has 0 radical (unpaired) electrons. The van der Waals surface area contributed by atoms with Crippen LogP contribution in [0.1, 0.15) is 56.0 Å². The van der Waals surface area contributed by atoms with Gasteiger partial charge < -0.3 is 15.1 Å². The third-order valence-corrected chi connectivity index (χ3v) is 7.40. The lowest BCUT2D eigenvalue weighted by Crippen LogP contribution is -2.47. The number of rotatable bonds is 3. The van der Waals surface area contributed by atoms with Gasteiger partial charge >= 0.3 is 6.03 Å². The number of likely N-dealkylation sites (tertiary alicyclic amines) is 2. The van der Waals surface area contributed by atoms with Gasteiger partial charge in [-0.25, -0.2) is 9.78 Å². The van der Waals surface area contributed by atoms with Crippen LogP contribution in [-0.2, 0) is 17.6 Å². The van der Waals surface area contributed by atoms with E-state index in [1.165, 1.54) is 23.4 Å². The molecule has 0 bridgehead atoms. The predicted molar refractivity (Wildman–Crippen MR) is 107 cm³/mol. The number of anilines is 1. The van der Waals surface area contributed by atoms with E-state index >= 15 is 0 Å². The van der Waals surface area contributed by atoms with E-state index in [0.717, 1.165) is 62.7 Å². The maximum atomic E-state index is 12.7. The van der Waals surface area contributed by atoms with Crippen molar-refractivity contribution in [3.63, 3.8) is 0 Å². The highest BCUT2D eigenvalue weighted by Gasteiger charge is 2.31. The lowest BCUT2D eigenvalue weighted by atomic mass is 9.89. The minimum absolute atomic E-state index is 0.0167. The van der Waals surface area contributed by atoms with Crippen molar-refractivity contribution in [3.05, 3.63) is 10.6 Å². The number of thiazole rings is 1. The maximum absolute atomic E-state index is 12.7. The summed E-state index contributed by atoms with van der Waals surface area (Å²) in [5, 5.41) is 3.82. The van der Waals surface area contributed by atoms with Crippen molar-refractivity contribution >= 4 is 28.4 Å². The second-order valence-corrected chi connectivity index (χ2v) is 9.22. The molecule has 1 unspecified atom stereocenters. The Morgan fingerprint density at radius 1 is 1.11 bits per heavy atom. The van der Waals surface area contributed by atoms with Gasteiger partial charge in [0.1, 0.15) is 0 Å². The second-order valence-electron chi connectivity index (χ2n) is 8.13. The van der Waals surface area contributed by atoms with E-state index in [1.54, 1.807) is 11.3 Å². The topological polar surface area (TPSA) is 65.5 Å². The summed E-state index contributed by atoms with van der Waals surface area (Å²) in [6, 6.07) is 0.157. The summed E-state index contributed by atoms with van der Waals surface area (Å²) in [4.78, 5) is 35.0. The van der Waals surface area contributed by atoms with E-state index in [-0.39, 0.29) is 17.9 Å². The average Bonchev–Trinajstić information content (AvgIpc) is 3.36. The van der Waals surface area contributed by atoms with Gasteiger partial charge in [0.15, 0.2) is 5.13 Å². The van der Waals surface area contributed by atoms with Crippen LogP contribution < -0.4 is 5.32 Å². The number of piperidine rings is 1. The molecule has 27 heavy (non-hydrogen) atoms. The summed E-state index contributed by atoms with van der Waals surface area (Å²) in [5.74, 6) is 0.817. The molecular weight excluding hydrogens is 360 g/mol. The molecule has 1 aromatic heterocycles. The van der Waals surface area contributed by atoms with Crippen molar-refractivity contribution in [3.8, 4) is 0 Å². The standard InChI is InChI=1S/C20H30N4O2S/c1-2-14-5-6-16-17(13-14)27-19(21-16)22-18(25)15-7-11-24(12-8-15)20(26)23-9-3-4-10-23/h14-15H,2-13H2,1H3,(H,21,22,25). The van der Waals surface area contributed by atoms with Gasteiger partial charge in [-0.05, 0) is 50.9 Å². The highest BCUT2D eigenvalue weighted by atomic mass is 32.1. The van der Waals surface area contributed by atoms with E-state index in [1.807, 2.05) is 9.80 Å². The number of aromatic nitrogens is 1. The highest BCUT2D eigenvalue weighted by molar-refractivity contribution is 7.15. The summed E-state index contributed by atoms with van der Waals surface area (Å²) in [7, 11) is 0. The number of hydrogen-bond acceptors (Lipinski definition) is 4. The molecule has 2 fully saturated rings. The molecule has 1 atom stereocenters. The molecule has 1 N–H and O–H groups in total. The van der Waals surface area contributed by atoms with E-state index in [0.29, 0.717) is 13.1 Å². The van der Waals surface area contributed by atoms with Crippen molar-refractivity contribution in [2.24, 2.45) is 11.8 Å². The van der Waals surface area contributed by atoms with Gasteiger partial charge in [0.25, 0.3) is 0 Å². The lowest BCUT2D eigenvalue weighted by molar-refractivity contribution is -0.121. The fourth-order valence-corrected chi connectivity index (χ4v) is 5.62. The van der Waals surface area contributed by atoms with Gasteiger partial charge in [-0.3, -0.25) is 4.79 Å². The molecule has 7 heteroatoms. The average molecular weight is 391 g/mol. The van der Waals surface area contributed by atoms with Crippen molar-refractivity contribution in [1.29, 1.82) is 0 Å². The third kappa shape index (κ3) is 4.13. The first-order chi connectivity index (χ1) is 13.1. The van der Waals surface area contributed by atoms with Crippen LogP contribution in [0.25, 0.3) is 0 Å². The van der Waals surface area contributed by atoms with Crippen molar-refractivity contribution in [1.82, 2.24) is 14.8 Å². The molecule has 2 aliphatic heterocycles. The molecule has 0 spiro atoms. The van der Waals surface area contributed by atoms with Gasteiger partial charge in [-0.15, -0.1) is 11.3 Å². The number of carbonyl (C=O) groups excluding carboxylic acids is 2. The normalized spacial score (nSPS) is 23.4. The summed E-state index contributed by atoms with van der Waals surface area (Å²) in [5.41, 5.74) is 1.19. The Morgan fingerprint density at radius 3 is 2.52 bits per heavy atom. The Balaban J connectivity index is 1.29. The first-order valence-electron chi connectivity index (χ1n) is 10.5. The molecule has 3 heterocycles. The molecule has 2 saturated heterocycles. The first-order valence-corrected chi connectivity index (χ1v) is 11.3. The van der Waals surface area contributed by atoms with Gasteiger partial charge in [0.05, 0.1) is 5.69 Å². The molecule has 1 aromatic rings. The van der Waals surface area contributed by atoms with Crippen molar-refractivity contribution in [2.75, 3.05) is 31.5 Å². The van der Waals surface area contributed by atoms with E-state index in [2.05, 4.69) is 17.2 Å². The molecule has 4 rings (SSSR count). The number of nitrogens with one attached hydrogen (secondary N) is 1. The Morgan fingerprint density at radius 2 is 1.81 bits per heavy atom. The SMILES string of the molecule is CCC1CCc2nc(NC(=O)C3CCN(C(=O)N4CCCC4)CC3)sc2C1. The molecule has 0 aromatic carbocycles. The summed E-state index contributed by atoms with van der Waals surface area (Å²) < 4.78 is 0. The summed E-state index contributed by atoms with van der Waals surface area (Å²) >= 11 is 1.65. The van der Waals surface area contributed by atoms with Crippen LogP contribution in [0.3, 0.4) is 0 Å². The molecule has 0 saturated carbocycles. The van der Waals surface area contributed by atoms with Crippen LogP contribution in [0.2, 0.25) is 0 Å². The number of carbonyl (C=O) groups is 2. The van der Waals surface area contributed by atoms with Crippen molar-refractivity contribution in [2.45, 2.75) is 58.3 Å². The highest BCUT2D eigenvalue weighted by Crippen LogP contribution is 2.34. The first kappa shape index (κ1) is 18.7. The molecule has 148 valence electrons. The Bertz CT molecular complexity index is 690. The van der Waals surface area contributed by atoms with Gasteiger partial charge in [0, 0.05) is 37.0 Å². The molecule has 3 aliphatic rings. The van der Waals surface area contributed by atoms with Gasteiger partial charge in [-0.1, -0.05) is 13.3 Å². The smallest absolute Gasteiger partial charge is 0.319 e. The number of urea groups is 1. The van der Waals surface area contributed by atoms with Crippen molar-refractivity contribution < 1.29 is 9.59 Å². The zero-order valence-electron chi connectivity index (χ0n) is 16.2. The number of hydrogen-bond donors (Lipinski definition) is 1. The van der Waals surface area contributed by atoms with Crippen LogP contribution in [0.15, 0.2) is 0 Å². The predicted octanol–water partition coefficient (Wildman–Crippen LogP) is 3.52. The third-order valence-electron chi connectivity index (χ3n) is 6.36. The Kier molecular flexibility index (Phi) is 5.66. The van der Waals surface area contributed by atoms with Gasteiger partial charge in [-0.2, -0.15) is 0 Å². The number of amides is 3. The maximum Gasteiger partial charge on any atom is 0.319 e. The van der Waals surface area contributed by atoms with Gasteiger partial charge in [0.2, 0.25) is 5.91 Å². The van der Waals surface area contributed by atoms with Crippen LogP contribution in [0.5, 0.6) is 0 Å². The molecule has 3 amide bonds.